The van der Waals surface area contributed by atoms with E-state index in [0.29, 0.717) is 29.0 Å². The number of nitrogens with one attached hydrogen (secondary N) is 2. The Morgan fingerprint density at radius 2 is 1.97 bits per heavy atom. The second-order valence-corrected chi connectivity index (χ2v) is 12.3. The van der Waals surface area contributed by atoms with E-state index in [9.17, 15) is 14.5 Å². The molecule has 11 heteroatoms. The summed E-state index contributed by atoms with van der Waals surface area (Å²) in [4.78, 5) is 24.0. The Balaban J connectivity index is 1.69. The molecular weight excluding hydrogens is 475 g/mol. The first kappa shape index (κ1) is 24.4. The number of nitrogens with zero attached hydrogens (tertiary/aromatic N) is 4. The maximum absolute atomic E-state index is 13.2. The van der Waals surface area contributed by atoms with Crippen molar-refractivity contribution in [3.63, 3.8) is 0 Å². The monoisotopic (exact) mass is 502 g/mol. The summed E-state index contributed by atoms with van der Waals surface area (Å²) < 4.78 is 14.3. The van der Waals surface area contributed by atoms with Crippen LogP contribution in [0.5, 0.6) is 0 Å². The van der Waals surface area contributed by atoms with Gasteiger partial charge in [-0.1, -0.05) is 23.7 Å². The Morgan fingerprint density at radius 1 is 1.21 bits per heavy atom. The van der Waals surface area contributed by atoms with Gasteiger partial charge in [0.2, 0.25) is 5.95 Å². The van der Waals surface area contributed by atoms with E-state index in [-0.39, 0.29) is 29.7 Å². The molecule has 34 heavy (non-hydrogen) atoms. The number of aliphatic hydroxyl groups is 1. The van der Waals surface area contributed by atoms with Gasteiger partial charge in [-0.3, -0.25) is 4.79 Å². The van der Waals surface area contributed by atoms with Crippen LogP contribution < -0.4 is 21.5 Å². The van der Waals surface area contributed by atoms with Crippen LogP contribution in [0.2, 0.25) is 5.02 Å². The van der Waals surface area contributed by atoms with E-state index in [1.54, 1.807) is 17.9 Å². The average molecular weight is 503 g/mol. The Labute approximate surface area is 203 Å². The van der Waals surface area contributed by atoms with Crippen molar-refractivity contribution in [3.8, 4) is 0 Å². The number of fused-ring (bicyclic) bond motifs is 1. The first-order chi connectivity index (χ1) is 16.2. The van der Waals surface area contributed by atoms with Gasteiger partial charge < -0.3 is 29.8 Å². The maximum Gasteiger partial charge on any atom is 0.274 e. The molecule has 0 atom stereocenters. The standard InChI is InChI=1S/C23H28ClN6O3P/c1-29-9-8-19-15(14-29)12-18(22(32)30(19)10-11-31)27-23-25-13-16(24)21(28-23)26-17-6-4-5-7-20(17)34(2,3)33/h4-7,12-13,31H,8-11,14H2,1-3H3,(H2,25,26,27,28). The zero-order valence-electron chi connectivity index (χ0n) is 19.4. The molecule has 0 amide bonds. The Hall–Kier alpha value is -2.71. The molecule has 1 aromatic carbocycles. The van der Waals surface area contributed by atoms with Crippen LogP contribution in [0.4, 0.5) is 23.1 Å². The number of rotatable bonds is 7. The van der Waals surface area contributed by atoms with E-state index in [1.807, 2.05) is 37.4 Å². The summed E-state index contributed by atoms with van der Waals surface area (Å²) in [6, 6.07) is 9.12. The van der Waals surface area contributed by atoms with Crippen molar-refractivity contribution in [2.45, 2.75) is 19.5 Å². The predicted octanol–water partition coefficient (Wildman–Crippen LogP) is 3.01. The van der Waals surface area contributed by atoms with Crippen LogP contribution in [-0.2, 0) is 24.1 Å². The topological polar surface area (TPSA) is 112 Å². The van der Waals surface area contributed by atoms with E-state index >= 15 is 0 Å². The van der Waals surface area contributed by atoms with Gasteiger partial charge in [-0.2, -0.15) is 4.98 Å². The van der Waals surface area contributed by atoms with Crippen LogP contribution in [0.25, 0.3) is 0 Å². The van der Waals surface area contributed by atoms with E-state index < -0.39 is 7.14 Å². The molecular formula is C23H28ClN6O3P. The molecule has 0 saturated heterocycles. The van der Waals surface area contributed by atoms with Gasteiger partial charge in [0.1, 0.15) is 17.9 Å². The van der Waals surface area contributed by atoms with Crippen LogP contribution in [0.1, 0.15) is 11.3 Å². The SMILES string of the molecule is CN1CCc2c(cc(Nc3ncc(Cl)c(Nc4ccccc4P(C)(C)=O)n3)c(=O)n2CCO)C1. The summed E-state index contributed by atoms with van der Waals surface area (Å²) >= 11 is 6.34. The highest BCUT2D eigenvalue weighted by atomic mass is 35.5. The highest BCUT2D eigenvalue weighted by Gasteiger charge is 2.21. The Bertz CT molecular complexity index is 1320. The van der Waals surface area contributed by atoms with Crippen molar-refractivity contribution in [1.29, 1.82) is 0 Å². The summed E-state index contributed by atoms with van der Waals surface area (Å²) in [5.41, 5.74) is 2.69. The lowest BCUT2D eigenvalue weighted by Gasteiger charge is -2.28. The van der Waals surface area contributed by atoms with E-state index in [0.717, 1.165) is 24.2 Å². The number of hydrogen-bond acceptors (Lipinski definition) is 8. The first-order valence-electron chi connectivity index (χ1n) is 10.9. The van der Waals surface area contributed by atoms with Gasteiger partial charge in [0.05, 0.1) is 18.5 Å². The van der Waals surface area contributed by atoms with Crippen molar-refractivity contribution < 1.29 is 9.67 Å². The molecule has 3 heterocycles. The lowest BCUT2D eigenvalue weighted by Crippen LogP contribution is -2.35. The number of aliphatic hydroxyl groups excluding tert-OH is 1. The van der Waals surface area contributed by atoms with Crippen molar-refractivity contribution in [2.24, 2.45) is 0 Å². The number of likely N-dealkylation sites (N-methyl/N-ethyl adjacent to an activating group) is 1. The van der Waals surface area contributed by atoms with Crippen molar-refractivity contribution in [1.82, 2.24) is 19.4 Å². The molecule has 0 fully saturated rings. The van der Waals surface area contributed by atoms with Gasteiger partial charge in [0.15, 0.2) is 5.82 Å². The van der Waals surface area contributed by atoms with Crippen LogP contribution in [0.3, 0.4) is 0 Å². The molecule has 0 aliphatic carbocycles. The lowest BCUT2D eigenvalue weighted by molar-refractivity contribution is 0.264. The second-order valence-electron chi connectivity index (χ2n) is 8.71. The number of para-hydroxylation sites is 1. The van der Waals surface area contributed by atoms with Gasteiger partial charge in [0.25, 0.3) is 5.56 Å². The van der Waals surface area contributed by atoms with Crippen molar-refractivity contribution in [2.75, 3.05) is 44.2 Å². The third-order valence-electron chi connectivity index (χ3n) is 5.71. The third-order valence-corrected chi connectivity index (χ3v) is 7.54. The van der Waals surface area contributed by atoms with Gasteiger partial charge >= 0.3 is 0 Å². The second kappa shape index (κ2) is 9.88. The number of aromatic nitrogens is 3. The largest absolute Gasteiger partial charge is 0.395 e. The number of pyridine rings is 1. The van der Waals surface area contributed by atoms with Gasteiger partial charge in [0, 0.05) is 37.1 Å². The maximum atomic E-state index is 13.2. The Morgan fingerprint density at radius 3 is 2.71 bits per heavy atom. The van der Waals surface area contributed by atoms with Crippen LogP contribution in [0, 0.1) is 0 Å². The zero-order chi connectivity index (χ0) is 24.5. The molecule has 9 nitrogen and oxygen atoms in total. The fourth-order valence-electron chi connectivity index (χ4n) is 4.10. The summed E-state index contributed by atoms with van der Waals surface area (Å²) in [5.74, 6) is 0.519. The minimum Gasteiger partial charge on any atom is -0.395 e. The predicted molar refractivity (Wildman–Crippen MR) is 137 cm³/mol. The fourth-order valence-corrected chi connectivity index (χ4v) is 5.39. The van der Waals surface area contributed by atoms with Crippen LogP contribution in [0.15, 0.2) is 41.3 Å². The molecule has 1 aliphatic rings. The number of halogens is 1. The van der Waals surface area contributed by atoms with Crippen molar-refractivity contribution >= 4 is 47.2 Å². The summed E-state index contributed by atoms with van der Waals surface area (Å²) in [6.45, 7) is 5.05. The Kier molecular flexibility index (Phi) is 7.09. The molecule has 1 aliphatic heterocycles. The molecule has 3 N–H and O–H groups in total. The number of benzene rings is 1. The molecule has 2 aromatic heterocycles. The molecule has 0 spiro atoms. The van der Waals surface area contributed by atoms with Crippen LogP contribution in [-0.4, -0.2) is 58.1 Å². The highest BCUT2D eigenvalue weighted by molar-refractivity contribution is 7.70. The summed E-state index contributed by atoms with van der Waals surface area (Å²) in [7, 11) is -0.514. The lowest BCUT2D eigenvalue weighted by atomic mass is 10.0. The molecule has 0 radical (unpaired) electrons. The van der Waals surface area contributed by atoms with Gasteiger partial charge in [-0.25, -0.2) is 4.98 Å². The van der Waals surface area contributed by atoms with Gasteiger partial charge in [-0.15, -0.1) is 0 Å². The van der Waals surface area contributed by atoms with Crippen LogP contribution >= 0.6 is 18.7 Å². The van der Waals surface area contributed by atoms with E-state index in [4.69, 9.17) is 11.6 Å². The minimum atomic E-state index is -2.54. The number of anilines is 4. The van der Waals surface area contributed by atoms with E-state index in [1.165, 1.54) is 6.20 Å². The molecule has 0 unspecified atom stereocenters. The minimum absolute atomic E-state index is 0.130. The zero-order valence-corrected chi connectivity index (χ0v) is 21.0. The molecule has 0 saturated carbocycles. The third kappa shape index (κ3) is 5.18. The first-order valence-corrected chi connectivity index (χ1v) is 13.9. The van der Waals surface area contributed by atoms with Crippen molar-refractivity contribution in [3.05, 3.63) is 63.2 Å². The van der Waals surface area contributed by atoms with Gasteiger partial charge in [-0.05, 0) is 44.1 Å². The summed E-state index contributed by atoms with van der Waals surface area (Å²) in [6.07, 6.45) is 2.18. The molecule has 3 aromatic rings. The fraction of sp³-hybridized carbons (Fsp3) is 0.348. The van der Waals surface area contributed by atoms with E-state index in [2.05, 4.69) is 25.5 Å². The molecule has 0 bridgehead atoms. The summed E-state index contributed by atoms with van der Waals surface area (Å²) in [5, 5.41) is 16.7. The molecule has 4 rings (SSSR count). The number of hydrogen-bond donors (Lipinski definition) is 3. The quantitative estimate of drug-likeness (QED) is 0.423. The smallest absolute Gasteiger partial charge is 0.274 e. The average Bonchev–Trinajstić information content (AvgIpc) is 2.78. The normalized spacial score (nSPS) is 14.0. The highest BCUT2D eigenvalue weighted by Crippen LogP contribution is 2.38. The molecule has 180 valence electrons.